The summed E-state index contributed by atoms with van der Waals surface area (Å²) in [6.45, 7) is 8.62. The molecular weight excluding hydrogens is 384 g/mol. The van der Waals surface area contributed by atoms with Crippen LogP contribution < -0.4 is 0 Å². The van der Waals surface area contributed by atoms with E-state index in [9.17, 15) is 0 Å². The average molecular weight is 413 g/mol. The maximum atomic E-state index is 2.37. The Balaban J connectivity index is 1.95. The molecule has 0 heteroatoms. The summed E-state index contributed by atoms with van der Waals surface area (Å²) in [5.74, 6) is 0. The van der Waals surface area contributed by atoms with Crippen molar-refractivity contribution in [1.29, 1.82) is 0 Å². The highest BCUT2D eigenvalue weighted by Gasteiger charge is 2.18. The predicted molar refractivity (Wildman–Crippen MR) is 139 cm³/mol. The smallest absolute Gasteiger partial charge is 0.00204 e. The predicted octanol–water partition coefficient (Wildman–Crippen LogP) is 9.07. The van der Waals surface area contributed by atoms with Gasteiger partial charge in [-0.1, -0.05) is 113 Å². The molecule has 0 N–H and O–H groups in total. The fourth-order valence-electron chi connectivity index (χ4n) is 4.51. The van der Waals surface area contributed by atoms with Crippen LogP contribution in [0.1, 0.15) is 22.3 Å². The molecule has 32 heavy (non-hydrogen) atoms. The Morgan fingerprint density at radius 2 is 0.812 bits per heavy atom. The zero-order valence-electron chi connectivity index (χ0n) is 19.2. The van der Waals surface area contributed by atoms with E-state index in [4.69, 9.17) is 0 Å². The van der Waals surface area contributed by atoms with Gasteiger partial charge < -0.3 is 0 Å². The molecule has 0 unspecified atom stereocenters. The van der Waals surface area contributed by atoms with Gasteiger partial charge in [-0.25, -0.2) is 0 Å². The van der Waals surface area contributed by atoms with Gasteiger partial charge in [-0.3, -0.25) is 0 Å². The third kappa shape index (κ3) is 3.74. The first-order valence-electron chi connectivity index (χ1n) is 11.3. The molecule has 0 aliphatic carbocycles. The van der Waals surface area contributed by atoms with E-state index in [-0.39, 0.29) is 0 Å². The summed E-state index contributed by atoms with van der Waals surface area (Å²) in [5.41, 5.74) is 12.8. The number of hydrogen-bond donors (Lipinski definition) is 0. The maximum Gasteiger partial charge on any atom is -0.00204 e. The maximum absolute atomic E-state index is 2.37. The Morgan fingerprint density at radius 1 is 0.375 bits per heavy atom. The standard InChI is InChI=1S/C32H28/c1-21-5-12-25(13-6-21)30-20-28-18-11-24(4)19-29(28)31(26-14-7-22(2)8-15-26)32(30)27-16-9-23(3)10-17-27/h5-20H,1-4H3. The molecule has 0 saturated carbocycles. The molecule has 0 fully saturated rings. The van der Waals surface area contributed by atoms with Crippen molar-refractivity contribution < 1.29 is 0 Å². The summed E-state index contributed by atoms with van der Waals surface area (Å²) in [5, 5.41) is 2.58. The second-order valence-corrected chi connectivity index (χ2v) is 9.00. The van der Waals surface area contributed by atoms with Crippen molar-refractivity contribution in [2.45, 2.75) is 27.7 Å². The first-order chi connectivity index (χ1) is 15.5. The Bertz CT molecular complexity index is 1400. The molecule has 0 radical (unpaired) electrons. The molecule has 0 bridgehead atoms. The van der Waals surface area contributed by atoms with Crippen LogP contribution >= 0.6 is 0 Å². The van der Waals surface area contributed by atoms with Crippen LogP contribution in [0.2, 0.25) is 0 Å². The molecule has 0 nitrogen and oxygen atoms in total. The van der Waals surface area contributed by atoms with Crippen LogP contribution in [0.15, 0.2) is 97.1 Å². The van der Waals surface area contributed by atoms with Crippen molar-refractivity contribution >= 4 is 10.8 Å². The van der Waals surface area contributed by atoms with Crippen LogP contribution in [-0.2, 0) is 0 Å². The minimum absolute atomic E-state index is 1.25. The molecule has 0 saturated heterocycles. The number of rotatable bonds is 3. The molecule has 5 aromatic rings. The van der Waals surface area contributed by atoms with E-state index in [0.29, 0.717) is 0 Å². The van der Waals surface area contributed by atoms with Crippen LogP contribution in [0.3, 0.4) is 0 Å². The molecule has 156 valence electrons. The molecular formula is C32H28. The van der Waals surface area contributed by atoms with Crippen molar-refractivity contribution in [3.05, 3.63) is 119 Å². The zero-order valence-corrected chi connectivity index (χ0v) is 19.2. The number of fused-ring (bicyclic) bond motifs is 1. The van der Waals surface area contributed by atoms with Crippen molar-refractivity contribution in [2.75, 3.05) is 0 Å². The molecule has 0 amide bonds. The Hall–Kier alpha value is -3.64. The minimum Gasteiger partial charge on any atom is -0.0587 e. The van der Waals surface area contributed by atoms with E-state index in [1.54, 1.807) is 0 Å². The summed E-state index contributed by atoms with van der Waals surface area (Å²) in [7, 11) is 0. The number of benzene rings is 5. The van der Waals surface area contributed by atoms with E-state index in [1.165, 1.54) is 66.4 Å². The molecule has 5 rings (SSSR count). The fourth-order valence-corrected chi connectivity index (χ4v) is 4.51. The third-order valence-corrected chi connectivity index (χ3v) is 6.34. The van der Waals surface area contributed by atoms with E-state index < -0.39 is 0 Å². The largest absolute Gasteiger partial charge is 0.0587 e. The SMILES string of the molecule is Cc1ccc(-c2cc3ccc(C)cc3c(-c3ccc(C)cc3)c2-c2ccc(C)cc2)cc1. The lowest BCUT2D eigenvalue weighted by Crippen LogP contribution is -1.94. The second-order valence-electron chi connectivity index (χ2n) is 9.00. The van der Waals surface area contributed by atoms with E-state index in [0.717, 1.165) is 0 Å². The zero-order chi connectivity index (χ0) is 22.2. The van der Waals surface area contributed by atoms with Gasteiger partial charge in [-0.05, 0) is 77.9 Å². The van der Waals surface area contributed by atoms with E-state index in [1.807, 2.05) is 0 Å². The summed E-state index contributed by atoms with van der Waals surface area (Å²) in [6.07, 6.45) is 0. The monoisotopic (exact) mass is 412 g/mol. The number of hydrogen-bond acceptors (Lipinski definition) is 0. The minimum atomic E-state index is 1.25. The summed E-state index contributed by atoms with van der Waals surface area (Å²) in [4.78, 5) is 0. The van der Waals surface area contributed by atoms with E-state index in [2.05, 4.69) is 125 Å². The quantitative estimate of drug-likeness (QED) is 0.277. The average Bonchev–Trinajstić information content (AvgIpc) is 2.80. The lowest BCUT2D eigenvalue weighted by atomic mass is 9.83. The van der Waals surface area contributed by atoms with Crippen molar-refractivity contribution in [3.8, 4) is 33.4 Å². The normalized spacial score (nSPS) is 11.1. The van der Waals surface area contributed by atoms with Gasteiger partial charge in [0, 0.05) is 0 Å². The van der Waals surface area contributed by atoms with E-state index >= 15 is 0 Å². The molecule has 0 aliphatic heterocycles. The van der Waals surface area contributed by atoms with Crippen LogP contribution in [-0.4, -0.2) is 0 Å². The van der Waals surface area contributed by atoms with Gasteiger partial charge in [0.1, 0.15) is 0 Å². The number of aryl methyl sites for hydroxylation is 4. The highest BCUT2D eigenvalue weighted by atomic mass is 14.2. The molecule has 5 aromatic carbocycles. The van der Waals surface area contributed by atoms with Crippen LogP contribution in [0.5, 0.6) is 0 Å². The second kappa shape index (κ2) is 8.13. The first kappa shape index (κ1) is 20.3. The third-order valence-electron chi connectivity index (χ3n) is 6.34. The van der Waals surface area contributed by atoms with Gasteiger partial charge in [-0.15, -0.1) is 0 Å². The van der Waals surface area contributed by atoms with Crippen LogP contribution in [0.25, 0.3) is 44.2 Å². The topological polar surface area (TPSA) is 0 Å². The molecule has 0 spiro atoms. The van der Waals surface area contributed by atoms with Crippen molar-refractivity contribution in [1.82, 2.24) is 0 Å². The van der Waals surface area contributed by atoms with Gasteiger partial charge in [0.2, 0.25) is 0 Å². The van der Waals surface area contributed by atoms with Gasteiger partial charge in [0.15, 0.2) is 0 Å². The fraction of sp³-hybridized carbons (Fsp3) is 0.125. The lowest BCUT2D eigenvalue weighted by Gasteiger charge is -2.20. The Labute approximate surface area is 191 Å². The Kier molecular flexibility index (Phi) is 5.15. The summed E-state index contributed by atoms with van der Waals surface area (Å²) >= 11 is 0. The lowest BCUT2D eigenvalue weighted by molar-refractivity contribution is 1.45. The van der Waals surface area contributed by atoms with Crippen molar-refractivity contribution in [3.63, 3.8) is 0 Å². The van der Waals surface area contributed by atoms with Gasteiger partial charge in [-0.2, -0.15) is 0 Å². The van der Waals surface area contributed by atoms with Gasteiger partial charge in [0.25, 0.3) is 0 Å². The molecule has 0 aromatic heterocycles. The van der Waals surface area contributed by atoms with Crippen LogP contribution in [0.4, 0.5) is 0 Å². The Morgan fingerprint density at radius 3 is 1.34 bits per heavy atom. The summed E-state index contributed by atoms with van der Waals surface area (Å²) < 4.78 is 0. The summed E-state index contributed by atoms with van der Waals surface area (Å²) in [6, 6.07) is 36.0. The highest BCUT2D eigenvalue weighted by molar-refractivity contribution is 6.10. The molecule has 0 atom stereocenters. The van der Waals surface area contributed by atoms with Crippen molar-refractivity contribution in [2.24, 2.45) is 0 Å². The van der Waals surface area contributed by atoms with Gasteiger partial charge >= 0.3 is 0 Å². The van der Waals surface area contributed by atoms with Crippen LogP contribution in [0, 0.1) is 27.7 Å². The molecule has 0 aliphatic rings. The first-order valence-corrected chi connectivity index (χ1v) is 11.3. The van der Waals surface area contributed by atoms with Gasteiger partial charge in [0.05, 0.1) is 0 Å². The molecule has 0 heterocycles. The highest BCUT2D eigenvalue weighted by Crippen LogP contribution is 2.45.